The Labute approximate surface area is 146 Å². The van der Waals surface area contributed by atoms with E-state index in [1.165, 1.54) is 12.3 Å². The Kier molecular flexibility index (Phi) is 5.00. The molecule has 1 amide bonds. The lowest BCUT2D eigenvalue weighted by molar-refractivity contribution is -0.380. The molecule has 3 aromatic rings. The number of ether oxygens (including phenoxy) is 1. The van der Waals surface area contributed by atoms with Gasteiger partial charge >= 0.3 is 5.00 Å². The Morgan fingerprint density at radius 2 is 2.00 bits per heavy atom. The fraction of sp³-hybridized carbons (Fsp3) is 0.0588. The zero-order valence-corrected chi connectivity index (χ0v) is 13.7. The average Bonchev–Trinajstić information content (AvgIpc) is 3.09. The third-order valence-electron chi connectivity index (χ3n) is 3.26. The molecule has 0 bridgehead atoms. The van der Waals surface area contributed by atoms with Crippen molar-refractivity contribution in [3.8, 4) is 5.75 Å². The van der Waals surface area contributed by atoms with Gasteiger partial charge in [0.05, 0.1) is 16.0 Å². The second kappa shape index (κ2) is 7.54. The molecule has 0 saturated carbocycles. The number of hydrazone groups is 1. The minimum Gasteiger partial charge on any atom is -0.484 e. The summed E-state index contributed by atoms with van der Waals surface area (Å²) in [7, 11) is 0. The second-order valence-corrected chi connectivity index (χ2v) is 6.12. The number of nitro groups is 1. The van der Waals surface area contributed by atoms with E-state index in [0.717, 1.165) is 22.1 Å². The molecule has 126 valence electrons. The van der Waals surface area contributed by atoms with E-state index in [4.69, 9.17) is 4.74 Å². The first kappa shape index (κ1) is 16.6. The van der Waals surface area contributed by atoms with Gasteiger partial charge in [-0.15, -0.1) is 0 Å². The first-order valence-corrected chi connectivity index (χ1v) is 8.11. The SMILES string of the molecule is O=C(COc1ccc2ccccc2c1)N/N=C/c1ccc([N+](=O)[O-])s1. The van der Waals surface area contributed by atoms with Gasteiger partial charge in [-0.2, -0.15) is 5.10 Å². The van der Waals surface area contributed by atoms with Crippen molar-refractivity contribution in [2.45, 2.75) is 0 Å². The van der Waals surface area contributed by atoms with Gasteiger partial charge in [0, 0.05) is 6.07 Å². The van der Waals surface area contributed by atoms with Gasteiger partial charge in [0.15, 0.2) is 6.61 Å². The molecule has 3 rings (SSSR count). The number of thiophene rings is 1. The molecule has 0 spiro atoms. The van der Waals surface area contributed by atoms with Crippen LogP contribution in [0.15, 0.2) is 59.7 Å². The highest BCUT2D eigenvalue weighted by Crippen LogP contribution is 2.22. The van der Waals surface area contributed by atoms with E-state index < -0.39 is 10.8 Å². The fourth-order valence-corrected chi connectivity index (χ4v) is 2.81. The van der Waals surface area contributed by atoms with Crippen LogP contribution in [0.3, 0.4) is 0 Å². The number of carbonyl (C=O) groups is 1. The predicted octanol–water partition coefficient (Wildman–Crippen LogP) is 3.34. The Bertz CT molecular complexity index is 952. The molecule has 1 aromatic heterocycles. The number of carbonyl (C=O) groups excluding carboxylic acids is 1. The average molecular weight is 355 g/mol. The molecule has 1 N–H and O–H groups in total. The molecule has 2 aromatic carbocycles. The van der Waals surface area contributed by atoms with Crippen molar-refractivity contribution in [1.82, 2.24) is 5.43 Å². The van der Waals surface area contributed by atoms with Crippen LogP contribution in [-0.2, 0) is 4.79 Å². The Morgan fingerprint density at radius 3 is 2.76 bits per heavy atom. The lowest BCUT2D eigenvalue weighted by atomic mass is 10.1. The number of hydrogen-bond donors (Lipinski definition) is 1. The van der Waals surface area contributed by atoms with Crippen molar-refractivity contribution >= 4 is 39.2 Å². The number of nitrogens with zero attached hydrogens (tertiary/aromatic N) is 2. The van der Waals surface area contributed by atoms with E-state index in [9.17, 15) is 14.9 Å². The molecule has 0 saturated heterocycles. The quantitative estimate of drug-likeness (QED) is 0.417. The highest BCUT2D eigenvalue weighted by molar-refractivity contribution is 7.16. The van der Waals surface area contributed by atoms with Crippen molar-refractivity contribution in [3.63, 3.8) is 0 Å². The standard InChI is InChI=1S/C17H13N3O4S/c21-16(19-18-10-15-7-8-17(25-15)20(22)23)11-24-14-6-5-12-3-1-2-4-13(12)9-14/h1-10H,11H2,(H,19,21)/b18-10+. The lowest BCUT2D eigenvalue weighted by Gasteiger charge is -2.06. The summed E-state index contributed by atoms with van der Waals surface area (Å²) in [6.45, 7) is -0.180. The van der Waals surface area contributed by atoms with Crippen LogP contribution in [-0.4, -0.2) is 23.7 Å². The van der Waals surface area contributed by atoms with Gasteiger partial charge in [0.1, 0.15) is 5.75 Å². The normalized spacial score (nSPS) is 10.9. The predicted molar refractivity (Wildman–Crippen MR) is 96.2 cm³/mol. The van der Waals surface area contributed by atoms with Crippen LogP contribution in [0.5, 0.6) is 5.75 Å². The number of amides is 1. The van der Waals surface area contributed by atoms with Crippen molar-refractivity contribution in [3.05, 3.63) is 69.6 Å². The maximum Gasteiger partial charge on any atom is 0.324 e. The molecule has 0 aliphatic rings. The molecule has 25 heavy (non-hydrogen) atoms. The summed E-state index contributed by atoms with van der Waals surface area (Å²) in [5.74, 6) is 0.169. The third kappa shape index (κ3) is 4.39. The van der Waals surface area contributed by atoms with Crippen molar-refractivity contribution < 1.29 is 14.5 Å². The van der Waals surface area contributed by atoms with Crippen LogP contribution >= 0.6 is 11.3 Å². The monoisotopic (exact) mass is 355 g/mol. The number of rotatable bonds is 6. The molecule has 0 unspecified atom stereocenters. The highest BCUT2D eigenvalue weighted by atomic mass is 32.1. The van der Waals surface area contributed by atoms with Gasteiger partial charge in [-0.25, -0.2) is 5.43 Å². The Hall–Kier alpha value is -3.26. The molecule has 0 atom stereocenters. The lowest BCUT2D eigenvalue weighted by Crippen LogP contribution is -2.24. The van der Waals surface area contributed by atoms with Gasteiger partial charge < -0.3 is 4.74 Å². The summed E-state index contributed by atoms with van der Waals surface area (Å²) >= 11 is 0.973. The Morgan fingerprint density at radius 1 is 1.20 bits per heavy atom. The summed E-state index contributed by atoms with van der Waals surface area (Å²) in [6.07, 6.45) is 1.35. The molecule has 1 heterocycles. The maximum atomic E-state index is 11.7. The van der Waals surface area contributed by atoms with Crippen LogP contribution < -0.4 is 10.2 Å². The van der Waals surface area contributed by atoms with E-state index in [1.807, 2.05) is 36.4 Å². The van der Waals surface area contributed by atoms with E-state index in [1.54, 1.807) is 12.1 Å². The van der Waals surface area contributed by atoms with E-state index in [0.29, 0.717) is 10.6 Å². The number of nitrogens with one attached hydrogen (secondary N) is 1. The molecule has 8 heteroatoms. The van der Waals surface area contributed by atoms with Crippen LogP contribution in [0.2, 0.25) is 0 Å². The molecule has 0 aliphatic carbocycles. The smallest absolute Gasteiger partial charge is 0.324 e. The second-order valence-electron chi connectivity index (χ2n) is 5.02. The fourth-order valence-electron chi connectivity index (χ4n) is 2.12. The zero-order valence-electron chi connectivity index (χ0n) is 12.9. The number of hydrogen-bond acceptors (Lipinski definition) is 6. The topological polar surface area (TPSA) is 93.8 Å². The molecule has 0 fully saturated rings. The number of benzene rings is 2. The van der Waals surface area contributed by atoms with E-state index >= 15 is 0 Å². The number of fused-ring (bicyclic) bond motifs is 1. The highest BCUT2D eigenvalue weighted by Gasteiger charge is 2.08. The maximum absolute atomic E-state index is 11.7. The summed E-state index contributed by atoms with van der Waals surface area (Å²) in [5.41, 5.74) is 2.32. The zero-order chi connectivity index (χ0) is 17.6. The van der Waals surface area contributed by atoms with Gasteiger partial charge in [0.2, 0.25) is 0 Å². The van der Waals surface area contributed by atoms with Gasteiger partial charge in [-0.1, -0.05) is 41.7 Å². The molecule has 0 radical (unpaired) electrons. The first-order valence-electron chi connectivity index (χ1n) is 7.29. The van der Waals surface area contributed by atoms with Gasteiger partial charge in [-0.3, -0.25) is 14.9 Å². The van der Waals surface area contributed by atoms with Crippen LogP contribution in [0.4, 0.5) is 5.00 Å². The van der Waals surface area contributed by atoms with Crippen LogP contribution in [0, 0.1) is 10.1 Å². The Balaban J connectivity index is 1.51. The van der Waals surface area contributed by atoms with Crippen molar-refractivity contribution in [2.24, 2.45) is 5.10 Å². The summed E-state index contributed by atoms with van der Waals surface area (Å²) in [4.78, 5) is 22.4. The summed E-state index contributed by atoms with van der Waals surface area (Å²) < 4.78 is 5.44. The van der Waals surface area contributed by atoms with E-state index in [2.05, 4.69) is 10.5 Å². The summed E-state index contributed by atoms with van der Waals surface area (Å²) in [5, 5.41) is 16.5. The molecule has 7 nitrogen and oxygen atoms in total. The molecule has 0 aliphatic heterocycles. The largest absolute Gasteiger partial charge is 0.484 e. The molecular weight excluding hydrogens is 342 g/mol. The van der Waals surface area contributed by atoms with Crippen LogP contribution in [0.25, 0.3) is 10.8 Å². The van der Waals surface area contributed by atoms with Crippen LogP contribution in [0.1, 0.15) is 4.88 Å². The minimum atomic E-state index is -0.474. The summed E-state index contributed by atoms with van der Waals surface area (Å²) in [6, 6.07) is 16.4. The van der Waals surface area contributed by atoms with E-state index in [-0.39, 0.29) is 11.6 Å². The van der Waals surface area contributed by atoms with Gasteiger partial charge in [-0.05, 0) is 29.0 Å². The van der Waals surface area contributed by atoms with Crippen molar-refractivity contribution in [1.29, 1.82) is 0 Å². The van der Waals surface area contributed by atoms with Crippen molar-refractivity contribution in [2.75, 3.05) is 6.61 Å². The molecular formula is C17H13N3O4S. The third-order valence-corrected chi connectivity index (χ3v) is 4.24. The minimum absolute atomic E-state index is 0.0208. The first-order chi connectivity index (χ1) is 12.1. The van der Waals surface area contributed by atoms with Gasteiger partial charge in [0.25, 0.3) is 5.91 Å².